The number of carbonyl (C=O) groups is 1. The number of fused-ring (bicyclic) bond motifs is 5. The zero-order valence-corrected chi connectivity index (χ0v) is 36.9. The van der Waals surface area contributed by atoms with Crippen molar-refractivity contribution < 1.29 is 44.3 Å². The van der Waals surface area contributed by atoms with E-state index in [1.165, 1.54) is 31.0 Å². The van der Waals surface area contributed by atoms with Crippen molar-refractivity contribution in [1.82, 2.24) is 39.4 Å². The van der Waals surface area contributed by atoms with Gasteiger partial charge in [-0.1, -0.05) is 23.7 Å². The number of methoxy groups -OCH3 is 1. The van der Waals surface area contributed by atoms with Crippen molar-refractivity contribution in [1.29, 1.82) is 0 Å². The van der Waals surface area contributed by atoms with Crippen LogP contribution < -0.4 is 20.3 Å². The first-order chi connectivity index (χ1) is 31.2. The smallest absolute Gasteiger partial charge is 0.293 e. The molecule has 2 N–H and O–H groups in total. The van der Waals surface area contributed by atoms with Crippen LogP contribution in [0.25, 0.3) is 27.6 Å². The molecule has 1 fully saturated rings. The Morgan fingerprint density at radius 3 is 2.38 bits per heavy atom. The summed E-state index contributed by atoms with van der Waals surface area (Å²) in [4.78, 5) is 38.5. The zero-order valence-electron chi connectivity index (χ0n) is 35.3. The summed E-state index contributed by atoms with van der Waals surface area (Å²) >= 11 is 6.77. The van der Waals surface area contributed by atoms with Gasteiger partial charge in [-0.3, -0.25) is 28.2 Å². The molecule has 3 aromatic carbocycles. The molecule has 22 heteroatoms. The number of pyridine rings is 1. The van der Waals surface area contributed by atoms with E-state index in [0.29, 0.717) is 33.3 Å². The monoisotopic (exact) mass is 953 g/mol. The number of aryl methyl sites for hydroxylation is 4. The van der Waals surface area contributed by atoms with Gasteiger partial charge in [-0.25, -0.2) is 35.9 Å². The average molecular weight is 954 g/mol. The normalized spacial score (nSPS) is 16.7. The van der Waals surface area contributed by atoms with Crippen LogP contribution in [0.5, 0.6) is 5.75 Å². The molecule has 344 valence electrons. The van der Waals surface area contributed by atoms with Crippen LogP contribution in [0.4, 0.5) is 32.2 Å². The standard InChI is InChI=1S/C44H38ClF6N9O5S/c1-20-13-21(2)52-40-33(20)43(62)60(31-10-9-29(45)35-37(31)58(3)56-41(35)57-66(63,64)12-11-22-5-7-26(65-4)8-6-22)42(54-40)30(16-23-14-24(46)17-25(47)15-23)53-32(61)19-59-38-34(36(55-59)39(48)49)27-18-28(27)44(38,50)51/h5-10,13-15,17,27-28,30,39H,11-12,16,18-19H2,1-4H3,(H,53,61)(H,56,57)/t27-,28+,30-/m0/s1. The molecule has 14 nitrogen and oxygen atoms in total. The van der Waals surface area contributed by atoms with Crippen molar-refractivity contribution in [2.75, 3.05) is 17.6 Å². The molecule has 1 saturated carbocycles. The Hall–Kier alpha value is -6.48. The molecule has 66 heavy (non-hydrogen) atoms. The molecule has 1 amide bonds. The average Bonchev–Trinajstić information content (AvgIpc) is 3.78. The predicted molar refractivity (Wildman–Crippen MR) is 231 cm³/mol. The third-order valence-electron chi connectivity index (χ3n) is 11.9. The van der Waals surface area contributed by atoms with Gasteiger partial charge in [0.05, 0.1) is 45.9 Å². The number of nitrogens with zero attached hydrogens (tertiary/aromatic N) is 7. The van der Waals surface area contributed by atoms with E-state index in [4.69, 9.17) is 21.3 Å². The van der Waals surface area contributed by atoms with E-state index in [2.05, 4.69) is 25.2 Å². The highest BCUT2D eigenvalue weighted by Crippen LogP contribution is 2.68. The Labute approximate surface area is 376 Å². The quantitative estimate of drug-likeness (QED) is 0.104. The molecular formula is C44H38ClF6N9O5S. The molecule has 9 rings (SSSR count). The lowest BCUT2D eigenvalue weighted by Crippen LogP contribution is -2.38. The number of hydrogen-bond acceptors (Lipinski definition) is 9. The Balaban J connectivity index is 1.17. The van der Waals surface area contributed by atoms with E-state index >= 15 is 13.6 Å². The van der Waals surface area contributed by atoms with Crippen LogP contribution in [0, 0.1) is 31.4 Å². The molecule has 4 aromatic heterocycles. The van der Waals surface area contributed by atoms with Gasteiger partial charge in [-0.15, -0.1) is 0 Å². The number of sulfonamides is 1. The van der Waals surface area contributed by atoms with E-state index in [1.54, 1.807) is 44.2 Å². The second kappa shape index (κ2) is 16.4. The maximum absolute atomic E-state index is 15.5. The van der Waals surface area contributed by atoms with Crippen molar-refractivity contribution in [3.8, 4) is 11.4 Å². The summed E-state index contributed by atoms with van der Waals surface area (Å²) in [5.74, 6) is -8.82. The molecular weight excluding hydrogens is 916 g/mol. The van der Waals surface area contributed by atoms with Gasteiger partial charge in [0, 0.05) is 36.7 Å². The first-order valence-electron chi connectivity index (χ1n) is 20.5. The van der Waals surface area contributed by atoms with Crippen molar-refractivity contribution in [2.24, 2.45) is 13.0 Å². The van der Waals surface area contributed by atoms with Gasteiger partial charge in [0.15, 0.2) is 11.5 Å². The molecule has 2 aliphatic carbocycles. The first-order valence-corrected chi connectivity index (χ1v) is 22.5. The third-order valence-corrected chi connectivity index (χ3v) is 13.5. The van der Waals surface area contributed by atoms with Gasteiger partial charge in [0.2, 0.25) is 15.9 Å². The third kappa shape index (κ3) is 8.00. The van der Waals surface area contributed by atoms with Crippen molar-refractivity contribution in [2.45, 2.75) is 64.0 Å². The number of ether oxygens (including phenoxy) is 1. The summed E-state index contributed by atoms with van der Waals surface area (Å²) in [5.41, 5.74) is -1.07. The van der Waals surface area contributed by atoms with Gasteiger partial charge in [0.1, 0.15) is 41.1 Å². The van der Waals surface area contributed by atoms with Gasteiger partial charge >= 0.3 is 0 Å². The Kier molecular flexibility index (Phi) is 11.1. The molecule has 0 unspecified atom stereocenters. The largest absolute Gasteiger partial charge is 0.497 e. The van der Waals surface area contributed by atoms with E-state index in [1.807, 2.05) is 0 Å². The van der Waals surface area contributed by atoms with E-state index < -0.39 is 87.7 Å². The molecule has 0 aliphatic heterocycles. The fourth-order valence-corrected chi connectivity index (χ4v) is 10.3. The number of hydrogen-bond donors (Lipinski definition) is 2. The van der Waals surface area contributed by atoms with Crippen LogP contribution in [-0.2, 0) is 47.2 Å². The lowest BCUT2D eigenvalue weighted by molar-refractivity contribution is -0.123. The van der Waals surface area contributed by atoms with Crippen LogP contribution in [0.2, 0.25) is 5.02 Å². The van der Waals surface area contributed by atoms with Crippen molar-refractivity contribution in [3.63, 3.8) is 0 Å². The summed E-state index contributed by atoms with van der Waals surface area (Å²) in [6.45, 7) is 2.32. The summed E-state index contributed by atoms with van der Waals surface area (Å²) in [6.07, 6.45) is -3.55. The lowest BCUT2D eigenvalue weighted by atomic mass is 10.0. The minimum Gasteiger partial charge on any atom is -0.497 e. The van der Waals surface area contributed by atoms with Crippen LogP contribution in [0.1, 0.15) is 70.0 Å². The van der Waals surface area contributed by atoms with Crippen molar-refractivity contribution >= 4 is 55.3 Å². The van der Waals surface area contributed by atoms with Gasteiger partial charge < -0.3 is 10.1 Å². The van der Waals surface area contributed by atoms with Crippen LogP contribution in [0.15, 0.2) is 65.5 Å². The summed E-state index contributed by atoms with van der Waals surface area (Å²) in [5, 5.41) is 11.0. The maximum atomic E-state index is 15.5. The van der Waals surface area contributed by atoms with E-state index in [9.17, 15) is 30.8 Å². The summed E-state index contributed by atoms with van der Waals surface area (Å²) in [7, 11) is -1.12. The predicted octanol–water partition coefficient (Wildman–Crippen LogP) is 7.65. The summed E-state index contributed by atoms with van der Waals surface area (Å²) in [6, 6.07) is 12.4. The second-order valence-electron chi connectivity index (χ2n) is 16.5. The number of amides is 1. The summed E-state index contributed by atoms with van der Waals surface area (Å²) < 4.78 is 127. The molecule has 0 radical (unpaired) electrons. The minimum atomic E-state index is -4.09. The topological polar surface area (TPSA) is 168 Å². The Morgan fingerprint density at radius 1 is 0.985 bits per heavy atom. The van der Waals surface area contributed by atoms with Crippen LogP contribution in [-0.4, -0.2) is 61.3 Å². The molecule has 3 atom stereocenters. The number of nitrogens with one attached hydrogen (secondary N) is 2. The Bertz CT molecular complexity index is 3290. The SMILES string of the molecule is COc1ccc(CCS(=O)(=O)Nc2nn(C)c3c(-n4c([C@H](Cc5cc(F)cc(F)c5)NC(=O)Cn5nc(C(F)F)c6c5C(F)(F)[C@@H]5C[C@H]65)nc5nc(C)cc(C)c5c4=O)ccc(Cl)c23)cc1. The molecule has 0 bridgehead atoms. The maximum Gasteiger partial charge on any atom is 0.293 e. The molecule has 0 spiro atoms. The number of alkyl halides is 4. The fourth-order valence-electron chi connectivity index (χ4n) is 8.98. The fraction of sp³-hybridized carbons (Fsp3) is 0.318. The zero-order chi connectivity index (χ0) is 47.1. The highest BCUT2D eigenvalue weighted by atomic mass is 35.5. The Morgan fingerprint density at radius 2 is 1.70 bits per heavy atom. The highest BCUT2D eigenvalue weighted by Gasteiger charge is 2.67. The molecule has 4 heterocycles. The molecule has 0 saturated heterocycles. The van der Waals surface area contributed by atoms with E-state index in [-0.39, 0.29) is 74.0 Å². The van der Waals surface area contributed by atoms with Gasteiger partial charge in [-0.2, -0.15) is 19.0 Å². The van der Waals surface area contributed by atoms with Crippen molar-refractivity contribution in [3.05, 3.63) is 133 Å². The molecule has 7 aromatic rings. The number of aromatic nitrogens is 7. The minimum absolute atomic E-state index is 0.00535. The van der Waals surface area contributed by atoms with Gasteiger partial charge in [0.25, 0.3) is 17.9 Å². The number of carbonyl (C=O) groups excluding carboxylic acids is 1. The highest BCUT2D eigenvalue weighted by molar-refractivity contribution is 7.92. The van der Waals surface area contributed by atoms with E-state index in [0.717, 1.165) is 16.7 Å². The van der Waals surface area contributed by atoms with Crippen LogP contribution >= 0.6 is 11.6 Å². The van der Waals surface area contributed by atoms with Gasteiger partial charge in [-0.05, 0) is 91.8 Å². The number of anilines is 1. The number of halogens is 7. The van der Waals surface area contributed by atoms with Crippen LogP contribution in [0.3, 0.4) is 0 Å². The number of benzene rings is 3. The lowest BCUT2D eigenvalue weighted by Gasteiger charge is -2.24. The second-order valence-corrected chi connectivity index (χ2v) is 18.7. The number of rotatable bonds is 14. The first kappa shape index (κ1) is 44.7. The molecule has 2 aliphatic rings.